The largest absolute Gasteiger partial charge is 0.382 e. The van der Waals surface area contributed by atoms with Gasteiger partial charge in [-0.05, 0) is 29.8 Å². The van der Waals surface area contributed by atoms with E-state index in [1.165, 1.54) is 18.0 Å². The molecule has 1 aliphatic heterocycles. The number of nitrogen functional groups attached to an aromatic ring is 1. The summed E-state index contributed by atoms with van der Waals surface area (Å²) in [4.78, 5) is 14.1. The summed E-state index contributed by atoms with van der Waals surface area (Å²) < 4.78 is 4.13. The topological polar surface area (TPSA) is 71.2 Å². The van der Waals surface area contributed by atoms with Gasteiger partial charge in [0.15, 0.2) is 5.82 Å². The van der Waals surface area contributed by atoms with Crippen molar-refractivity contribution >= 4 is 28.3 Å². The highest BCUT2D eigenvalue weighted by atomic mass is 32.1. The van der Waals surface area contributed by atoms with E-state index in [2.05, 4.69) is 28.4 Å². The van der Waals surface area contributed by atoms with Crippen LogP contribution in [0.4, 0.5) is 10.8 Å². The fourth-order valence-corrected chi connectivity index (χ4v) is 3.31. The fourth-order valence-electron chi connectivity index (χ4n) is 2.45. The van der Waals surface area contributed by atoms with Crippen LogP contribution in [0.5, 0.6) is 0 Å². The molecule has 0 bridgehead atoms. The van der Waals surface area contributed by atoms with Crippen LogP contribution in [0.2, 0.25) is 0 Å². The lowest BCUT2D eigenvalue weighted by atomic mass is 9.78. The number of nitrogens with two attached hydrogens (primary N) is 1. The van der Waals surface area contributed by atoms with Crippen LogP contribution in [-0.2, 0) is 0 Å². The van der Waals surface area contributed by atoms with Crippen LogP contribution in [0.3, 0.4) is 0 Å². The average molecular weight is 282 g/mol. The van der Waals surface area contributed by atoms with Gasteiger partial charge in [-0.1, -0.05) is 20.3 Å². The van der Waals surface area contributed by atoms with Crippen LogP contribution in [-0.4, -0.2) is 30.4 Å². The van der Waals surface area contributed by atoms with Crippen LogP contribution in [0, 0.1) is 5.41 Å². The Morgan fingerprint density at radius 1 is 1.53 bits per heavy atom. The van der Waals surface area contributed by atoms with E-state index < -0.39 is 0 Å². The zero-order valence-electron chi connectivity index (χ0n) is 11.8. The lowest BCUT2D eigenvalue weighted by molar-refractivity contribution is 0.0964. The summed E-state index contributed by atoms with van der Waals surface area (Å²) in [6.45, 7) is 6.52. The average Bonchev–Trinajstić information content (AvgIpc) is 2.81. The first-order valence-corrected chi connectivity index (χ1v) is 7.50. The summed E-state index contributed by atoms with van der Waals surface area (Å²) in [6.07, 6.45) is 3.50. The third kappa shape index (κ3) is 2.68. The van der Waals surface area contributed by atoms with Crippen molar-refractivity contribution in [3.8, 4) is 0 Å². The fraction of sp³-hybridized carbons (Fsp3) is 0.692. The molecule has 0 spiro atoms. The second-order valence-corrected chi connectivity index (χ2v) is 6.23. The molecule has 0 radical (unpaired) electrons. The van der Waals surface area contributed by atoms with E-state index in [0.29, 0.717) is 16.8 Å². The number of nitrogens with one attached hydrogen (secondary N) is 1. The predicted molar refractivity (Wildman–Crippen MR) is 79.8 cm³/mol. The van der Waals surface area contributed by atoms with Gasteiger partial charge in [0.2, 0.25) is 0 Å². The number of hydrogen-bond donors (Lipinski definition) is 2. The second-order valence-electron chi connectivity index (χ2n) is 5.48. The third-order valence-corrected chi connectivity index (χ3v) is 5.19. The molecule has 2 rings (SSSR count). The van der Waals surface area contributed by atoms with E-state index in [1.807, 2.05) is 0 Å². The highest BCUT2D eigenvalue weighted by Crippen LogP contribution is 2.38. The lowest BCUT2D eigenvalue weighted by Crippen LogP contribution is -2.39. The highest BCUT2D eigenvalue weighted by Gasteiger charge is 2.31. The van der Waals surface area contributed by atoms with Gasteiger partial charge in [0.1, 0.15) is 10.6 Å². The Bertz CT molecular complexity index is 463. The molecule has 0 atom stereocenters. The predicted octanol–water partition coefficient (Wildman–Crippen LogP) is 2.10. The molecule has 1 saturated heterocycles. The summed E-state index contributed by atoms with van der Waals surface area (Å²) in [5, 5.41) is 3.55. The van der Waals surface area contributed by atoms with Crippen LogP contribution in [0.25, 0.3) is 0 Å². The second kappa shape index (κ2) is 5.36. The first-order valence-electron chi connectivity index (χ1n) is 6.73. The number of piperidine rings is 1. The van der Waals surface area contributed by atoms with Gasteiger partial charge in [-0.2, -0.15) is 4.37 Å². The van der Waals surface area contributed by atoms with Crippen LogP contribution < -0.4 is 16.0 Å². The van der Waals surface area contributed by atoms with E-state index in [-0.39, 0.29) is 5.91 Å². The molecule has 0 unspecified atom stereocenters. The molecule has 106 valence electrons. The molecule has 1 aliphatic rings. The van der Waals surface area contributed by atoms with E-state index in [1.54, 1.807) is 7.05 Å². The van der Waals surface area contributed by atoms with Crippen molar-refractivity contribution in [3.63, 3.8) is 0 Å². The zero-order chi connectivity index (χ0) is 14.0. The molecule has 0 aromatic carbocycles. The first-order chi connectivity index (χ1) is 9.00. The number of anilines is 2. The molecule has 0 aliphatic carbocycles. The maximum absolute atomic E-state index is 11.9. The van der Waals surface area contributed by atoms with E-state index in [0.717, 1.165) is 30.9 Å². The van der Waals surface area contributed by atoms with Gasteiger partial charge in [0.05, 0.1) is 0 Å². The molecule has 6 heteroatoms. The van der Waals surface area contributed by atoms with Crippen molar-refractivity contribution in [2.24, 2.45) is 5.41 Å². The van der Waals surface area contributed by atoms with E-state index >= 15 is 0 Å². The van der Waals surface area contributed by atoms with E-state index in [9.17, 15) is 4.79 Å². The summed E-state index contributed by atoms with van der Waals surface area (Å²) in [6, 6.07) is 0. The SMILES string of the molecule is CCC1(C)CCN(c2snc(N)c2C(=O)NC)CC1. The Labute approximate surface area is 118 Å². The number of carbonyl (C=O) groups is 1. The summed E-state index contributed by atoms with van der Waals surface area (Å²) in [5.41, 5.74) is 6.78. The summed E-state index contributed by atoms with van der Waals surface area (Å²) in [7, 11) is 1.62. The monoisotopic (exact) mass is 282 g/mol. The number of hydrogen-bond acceptors (Lipinski definition) is 5. The molecule has 1 aromatic rings. The van der Waals surface area contributed by atoms with Gasteiger partial charge < -0.3 is 16.0 Å². The highest BCUT2D eigenvalue weighted by molar-refractivity contribution is 7.11. The van der Waals surface area contributed by atoms with Gasteiger partial charge in [-0.25, -0.2) is 0 Å². The van der Waals surface area contributed by atoms with Crippen molar-refractivity contribution in [2.45, 2.75) is 33.1 Å². The van der Waals surface area contributed by atoms with E-state index in [4.69, 9.17) is 5.73 Å². The normalized spacial score (nSPS) is 18.4. The van der Waals surface area contributed by atoms with Crippen molar-refractivity contribution in [1.82, 2.24) is 9.69 Å². The molecular weight excluding hydrogens is 260 g/mol. The van der Waals surface area contributed by atoms with Crippen LogP contribution in [0.1, 0.15) is 43.5 Å². The smallest absolute Gasteiger partial charge is 0.257 e. The molecule has 1 fully saturated rings. The van der Waals surface area contributed by atoms with Crippen LogP contribution in [0.15, 0.2) is 0 Å². The maximum Gasteiger partial charge on any atom is 0.257 e. The zero-order valence-corrected chi connectivity index (χ0v) is 12.6. The lowest BCUT2D eigenvalue weighted by Gasteiger charge is -2.39. The minimum atomic E-state index is -0.148. The van der Waals surface area contributed by atoms with Gasteiger partial charge >= 0.3 is 0 Å². The maximum atomic E-state index is 11.9. The standard InChI is InChI=1S/C13H22N4OS/c1-4-13(2)5-7-17(8-6-13)12-9(11(18)15-3)10(14)16-19-12/h4-8H2,1-3H3,(H2,14,16)(H,15,18). The summed E-state index contributed by atoms with van der Waals surface area (Å²) >= 11 is 1.32. The Hall–Kier alpha value is -1.30. The molecule has 1 amide bonds. The molecule has 19 heavy (non-hydrogen) atoms. The Kier molecular flexibility index (Phi) is 3.99. The molecular formula is C13H22N4OS. The van der Waals surface area contributed by atoms with Crippen LogP contribution >= 0.6 is 11.5 Å². The minimum absolute atomic E-state index is 0.148. The van der Waals surface area contributed by atoms with Gasteiger partial charge in [0.25, 0.3) is 5.91 Å². The molecule has 5 nitrogen and oxygen atoms in total. The third-order valence-electron chi connectivity index (χ3n) is 4.27. The van der Waals surface area contributed by atoms with Gasteiger partial charge in [0, 0.05) is 20.1 Å². The van der Waals surface area contributed by atoms with Crippen molar-refractivity contribution in [1.29, 1.82) is 0 Å². The Morgan fingerprint density at radius 2 is 2.16 bits per heavy atom. The van der Waals surface area contributed by atoms with Gasteiger partial charge in [-0.15, -0.1) is 0 Å². The number of amides is 1. The molecule has 2 heterocycles. The quantitative estimate of drug-likeness (QED) is 0.890. The summed E-state index contributed by atoms with van der Waals surface area (Å²) in [5.74, 6) is 0.188. The number of carbonyl (C=O) groups excluding carboxylic acids is 1. The van der Waals surface area contributed by atoms with Gasteiger partial charge in [-0.3, -0.25) is 4.79 Å². The Morgan fingerprint density at radius 3 is 2.68 bits per heavy atom. The minimum Gasteiger partial charge on any atom is -0.382 e. The van der Waals surface area contributed by atoms with Crippen molar-refractivity contribution in [3.05, 3.63) is 5.56 Å². The molecule has 3 N–H and O–H groups in total. The molecule has 0 saturated carbocycles. The Balaban J connectivity index is 2.18. The number of nitrogens with zero attached hydrogens (tertiary/aromatic N) is 2. The first kappa shape index (κ1) is 14.1. The molecule has 1 aromatic heterocycles. The number of aromatic nitrogens is 1. The van der Waals surface area contributed by atoms with Crippen molar-refractivity contribution < 1.29 is 4.79 Å². The van der Waals surface area contributed by atoms with Crippen molar-refractivity contribution in [2.75, 3.05) is 30.8 Å². The number of rotatable bonds is 3.